The maximum Gasteiger partial charge on any atom is 0.459 e. The summed E-state index contributed by atoms with van der Waals surface area (Å²) in [6, 6.07) is 8.69. The van der Waals surface area contributed by atoms with Crippen LogP contribution in [0.1, 0.15) is 22.7 Å². The van der Waals surface area contributed by atoms with Gasteiger partial charge in [0.15, 0.2) is 0 Å². The van der Waals surface area contributed by atoms with Crippen LogP contribution in [0.4, 0.5) is 30.7 Å². The summed E-state index contributed by atoms with van der Waals surface area (Å²) in [5, 5.41) is 1.92. The van der Waals surface area contributed by atoms with Crippen molar-refractivity contribution in [1.82, 2.24) is 5.32 Å². The van der Waals surface area contributed by atoms with Gasteiger partial charge < -0.3 is 5.32 Å². The molecule has 0 aliphatic heterocycles. The maximum absolute atomic E-state index is 14.1. The summed E-state index contributed by atoms with van der Waals surface area (Å²) in [5.41, 5.74) is 2.86. The normalized spacial score (nSPS) is 15.5. The quantitative estimate of drug-likeness (QED) is 0.605. The topological polar surface area (TPSA) is 12.0 Å². The Morgan fingerprint density at radius 2 is 1.46 bits per heavy atom. The molecule has 0 bridgehead atoms. The Kier molecular flexibility index (Phi) is 4.29. The van der Waals surface area contributed by atoms with Gasteiger partial charge in [0.25, 0.3) is 0 Å². The first-order valence-electron chi connectivity index (χ1n) is 7.71. The molecule has 3 rings (SSSR count). The van der Waals surface area contributed by atoms with E-state index in [1.54, 1.807) is 12.1 Å². The van der Waals surface area contributed by atoms with E-state index in [0.717, 1.165) is 29.8 Å². The molecule has 1 N–H and O–H groups in total. The molecule has 1 atom stereocenters. The zero-order valence-corrected chi connectivity index (χ0v) is 13.5. The minimum atomic E-state index is -6.36. The van der Waals surface area contributed by atoms with Gasteiger partial charge >= 0.3 is 18.0 Å². The van der Waals surface area contributed by atoms with E-state index in [9.17, 15) is 30.7 Å². The van der Waals surface area contributed by atoms with E-state index in [1.807, 2.05) is 17.4 Å². The van der Waals surface area contributed by atoms with E-state index in [2.05, 4.69) is 0 Å². The minimum Gasteiger partial charge on any atom is -0.308 e. The largest absolute Gasteiger partial charge is 0.459 e. The SMILES string of the molecule is CNC(c1ccc2c(c1)Cc1ccccc1-2)C(F)(F)C(F)(F)C(F)(F)F. The second-order valence-corrected chi connectivity index (χ2v) is 6.17. The number of hydrogen-bond acceptors (Lipinski definition) is 1. The fourth-order valence-corrected chi connectivity index (χ4v) is 3.27. The molecule has 0 amide bonds. The molecule has 1 aliphatic carbocycles. The Balaban J connectivity index is 2.02. The van der Waals surface area contributed by atoms with Crippen LogP contribution in [0, 0.1) is 0 Å². The second kappa shape index (κ2) is 5.97. The van der Waals surface area contributed by atoms with E-state index in [0.29, 0.717) is 12.0 Å². The molecule has 8 heteroatoms. The number of halogens is 7. The lowest BCUT2D eigenvalue weighted by atomic mass is 9.92. The van der Waals surface area contributed by atoms with E-state index in [1.165, 1.54) is 12.1 Å². The average molecular weight is 377 g/mol. The number of fused-ring (bicyclic) bond motifs is 3. The highest BCUT2D eigenvalue weighted by Crippen LogP contribution is 2.52. The standard InChI is InChI=1S/C18H14F7N/c1-26-15(16(19,20)17(21,22)18(23,24)25)11-6-7-14-12(9-11)8-10-4-2-3-5-13(10)14/h2-7,9,15,26H,8H2,1H3. The predicted octanol–water partition coefficient (Wildman–Crippen LogP) is 5.35. The van der Waals surface area contributed by atoms with Gasteiger partial charge in [-0.3, -0.25) is 0 Å². The monoisotopic (exact) mass is 377 g/mol. The summed E-state index contributed by atoms with van der Waals surface area (Å²) in [6.07, 6.45) is -5.96. The Hall–Kier alpha value is -2.09. The summed E-state index contributed by atoms with van der Waals surface area (Å²) < 4.78 is 92.5. The van der Waals surface area contributed by atoms with Crippen LogP contribution >= 0.6 is 0 Å². The number of hydrogen-bond donors (Lipinski definition) is 1. The van der Waals surface area contributed by atoms with Gasteiger partial charge in [-0.05, 0) is 41.3 Å². The summed E-state index contributed by atoms with van der Waals surface area (Å²) >= 11 is 0. The zero-order valence-electron chi connectivity index (χ0n) is 13.5. The fourth-order valence-electron chi connectivity index (χ4n) is 3.27. The minimum absolute atomic E-state index is 0.326. The van der Waals surface area contributed by atoms with Gasteiger partial charge in [-0.1, -0.05) is 42.5 Å². The zero-order chi connectivity index (χ0) is 19.3. The third-order valence-electron chi connectivity index (χ3n) is 4.58. The highest BCUT2D eigenvalue weighted by Gasteiger charge is 2.75. The van der Waals surface area contributed by atoms with Crippen LogP contribution in [0.15, 0.2) is 42.5 Å². The summed E-state index contributed by atoms with van der Waals surface area (Å²) in [4.78, 5) is 0. The van der Waals surface area contributed by atoms with Crippen LogP contribution < -0.4 is 5.32 Å². The molecular formula is C18H14F7N. The highest BCUT2D eigenvalue weighted by atomic mass is 19.4. The van der Waals surface area contributed by atoms with E-state index in [-0.39, 0.29) is 5.56 Å². The van der Waals surface area contributed by atoms with Gasteiger partial charge in [0.05, 0.1) is 0 Å². The van der Waals surface area contributed by atoms with Gasteiger partial charge in [0.2, 0.25) is 0 Å². The van der Waals surface area contributed by atoms with Crippen molar-refractivity contribution in [2.45, 2.75) is 30.5 Å². The molecule has 2 aromatic carbocycles. The second-order valence-electron chi connectivity index (χ2n) is 6.17. The third kappa shape index (κ3) is 2.67. The van der Waals surface area contributed by atoms with E-state index in [4.69, 9.17) is 0 Å². The number of benzene rings is 2. The third-order valence-corrected chi connectivity index (χ3v) is 4.58. The van der Waals surface area contributed by atoms with Crippen molar-refractivity contribution in [3.63, 3.8) is 0 Å². The molecule has 1 aliphatic rings. The highest BCUT2D eigenvalue weighted by molar-refractivity contribution is 5.77. The molecule has 0 saturated heterocycles. The molecule has 0 saturated carbocycles. The van der Waals surface area contributed by atoms with Crippen LogP contribution in [-0.4, -0.2) is 25.1 Å². The lowest BCUT2D eigenvalue weighted by Gasteiger charge is -2.34. The molecule has 0 aromatic heterocycles. The molecular weight excluding hydrogens is 363 g/mol. The Labute approximate surface area is 144 Å². The Morgan fingerprint density at radius 3 is 2.08 bits per heavy atom. The fraction of sp³-hybridized carbons (Fsp3) is 0.333. The van der Waals surface area contributed by atoms with Crippen molar-refractivity contribution in [2.24, 2.45) is 0 Å². The van der Waals surface area contributed by atoms with Crippen LogP contribution in [0.3, 0.4) is 0 Å². The predicted molar refractivity (Wildman–Crippen MR) is 82.4 cm³/mol. The molecule has 26 heavy (non-hydrogen) atoms. The first-order chi connectivity index (χ1) is 12.0. The first-order valence-corrected chi connectivity index (χ1v) is 7.71. The van der Waals surface area contributed by atoms with Crippen molar-refractivity contribution in [3.8, 4) is 11.1 Å². The van der Waals surface area contributed by atoms with Gasteiger partial charge in [-0.25, -0.2) is 0 Å². The number of rotatable bonds is 4. The number of nitrogens with one attached hydrogen (secondary N) is 1. The summed E-state index contributed by atoms with van der Waals surface area (Å²) in [6.45, 7) is 0. The smallest absolute Gasteiger partial charge is 0.308 e. The van der Waals surface area contributed by atoms with Crippen molar-refractivity contribution in [3.05, 3.63) is 59.2 Å². The van der Waals surface area contributed by atoms with Gasteiger partial charge in [0.1, 0.15) is 6.04 Å². The lowest BCUT2D eigenvalue weighted by Crippen LogP contribution is -2.57. The molecule has 1 unspecified atom stereocenters. The van der Waals surface area contributed by atoms with Gasteiger partial charge in [-0.2, -0.15) is 30.7 Å². The van der Waals surface area contributed by atoms with Gasteiger partial charge in [0, 0.05) is 0 Å². The van der Waals surface area contributed by atoms with Crippen LogP contribution in [0.2, 0.25) is 0 Å². The maximum atomic E-state index is 14.1. The van der Waals surface area contributed by atoms with Crippen molar-refractivity contribution in [1.29, 1.82) is 0 Å². The summed E-state index contributed by atoms with van der Waals surface area (Å²) in [5.74, 6) is -11.5. The molecule has 0 fully saturated rings. The first kappa shape index (κ1) is 18.7. The average Bonchev–Trinajstić information content (AvgIpc) is 2.91. The Bertz CT molecular complexity index is 827. The van der Waals surface area contributed by atoms with Crippen LogP contribution in [0.5, 0.6) is 0 Å². The van der Waals surface area contributed by atoms with Crippen LogP contribution in [0.25, 0.3) is 11.1 Å². The van der Waals surface area contributed by atoms with E-state index < -0.39 is 24.1 Å². The molecule has 140 valence electrons. The lowest BCUT2D eigenvalue weighted by molar-refractivity contribution is -0.360. The Morgan fingerprint density at radius 1 is 0.846 bits per heavy atom. The van der Waals surface area contributed by atoms with E-state index >= 15 is 0 Å². The molecule has 0 radical (unpaired) electrons. The summed E-state index contributed by atoms with van der Waals surface area (Å²) in [7, 11) is 0.924. The van der Waals surface area contributed by atoms with Crippen molar-refractivity contribution >= 4 is 0 Å². The van der Waals surface area contributed by atoms with Crippen molar-refractivity contribution in [2.75, 3.05) is 7.05 Å². The van der Waals surface area contributed by atoms with Crippen LogP contribution in [-0.2, 0) is 6.42 Å². The molecule has 2 aromatic rings. The molecule has 0 heterocycles. The number of alkyl halides is 7. The molecule has 0 spiro atoms. The van der Waals surface area contributed by atoms with Gasteiger partial charge in [-0.15, -0.1) is 0 Å². The molecule has 1 nitrogen and oxygen atoms in total. The van der Waals surface area contributed by atoms with Crippen molar-refractivity contribution < 1.29 is 30.7 Å².